The first kappa shape index (κ1) is 28.7. The van der Waals surface area contributed by atoms with Crippen LogP contribution in [0.5, 0.6) is 0 Å². The van der Waals surface area contributed by atoms with Crippen molar-refractivity contribution in [2.24, 2.45) is 0 Å². The molecule has 1 aromatic heterocycles. The van der Waals surface area contributed by atoms with Crippen molar-refractivity contribution in [1.29, 1.82) is 0 Å². The minimum atomic E-state index is -3.69. The molecule has 0 radical (unpaired) electrons. The lowest BCUT2D eigenvalue weighted by Crippen LogP contribution is -2.31. The van der Waals surface area contributed by atoms with Crippen LogP contribution in [-0.4, -0.2) is 29.6 Å². The molecule has 2 aromatic carbocycles. The summed E-state index contributed by atoms with van der Waals surface area (Å²) in [7, 11) is -3.69. The number of sulfonamides is 1. The van der Waals surface area contributed by atoms with Gasteiger partial charge in [0.25, 0.3) is 5.91 Å². The van der Waals surface area contributed by atoms with Crippen LogP contribution in [0.15, 0.2) is 54.6 Å². The van der Waals surface area contributed by atoms with E-state index in [1.807, 2.05) is 79.1 Å². The zero-order chi connectivity index (χ0) is 26.8. The first-order chi connectivity index (χ1) is 17.7. The van der Waals surface area contributed by atoms with Gasteiger partial charge in [0, 0.05) is 17.5 Å². The van der Waals surface area contributed by atoms with Crippen molar-refractivity contribution in [2.45, 2.75) is 46.1 Å². The lowest BCUT2D eigenvalue weighted by Gasteiger charge is -2.12. The Bertz CT molecular complexity index is 1380. The minimum absolute atomic E-state index is 0.0892. The molecule has 0 aliphatic carbocycles. The van der Waals surface area contributed by atoms with Gasteiger partial charge in [-0.15, -0.1) is 0 Å². The van der Waals surface area contributed by atoms with Crippen molar-refractivity contribution >= 4 is 57.4 Å². The number of benzene rings is 2. The monoisotopic (exact) mass is 559 g/mol. The van der Waals surface area contributed by atoms with Crippen LogP contribution in [0.3, 0.4) is 0 Å². The summed E-state index contributed by atoms with van der Waals surface area (Å²) in [5.41, 5.74) is 3.42. The largest absolute Gasteiger partial charge is 0.323 e. The Morgan fingerprint density at radius 1 is 1.00 bits per heavy atom. The highest BCUT2D eigenvalue weighted by molar-refractivity contribution is 7.90. The maximum atomic E-state index is 12.3. The molecule has 0 aliphatic heterocycles. The zero-order valence-corrected chi connectivity index (χ0v) is 23.3. The summed E-state index contributed by atoms with van der Waals surface area (Å²) in [5.74, 6) is -0.0963. The summed E-state index contributed by atoms with van der Waals surface area (Å²) in [4.78, 5) is 16.7. The van der Waals surface area contributed by atoms with E-state index in [9.17, 15) is 13.2 Å². The van der Waals surface area contributed by atoms with E-state index in [4.69, 9.17) is 23.2 Å². The molecule has 1 heterocycles. The lowest BCUT2D eigenvalue weighted by atomic mass is 10.1. The van der Waals surface area contributed by atoms with Gasteiger partial charge in [-0.2, -0.15) is 0 Å². The fourth-order valence-electron chi connectivity index (χ4n) is 3.74. The van der Waals surface area contributed by atoms with Crippen molar-refractivity contribution in [3.8, 4) is 0 Å². The number of nitrogens with zero attached hydrogens (tertiary/aromatic N) is 2. The van der Waals surface area contributed by atoms with Gasteiger partial charge in [0.05, 0.1) is 18.0 Å². The first-order valence-corrected chi connectivity index (χ1v) is 14.6. The van der Waals surface area contributed by atoms with Gasteiger partial charge >= 0.3 is 0 Å². The van der Waals surface area contributed by atoms with Gasteiger partial charge in [-0.1, -0.05) is 105 Å². The lowest BCUT2D eigenvalue weighted by molar-refractivity contribution is -0.114. The standard InChI is InChI=1S/C28H31Cl2N3O3S/c1-3-5-9-18-37(35,36)32-27(34)17-16-25-28(30)31-26(4-2)33(25)20-23-15-14-22(19-24(23)29)13-12-21-10-7-6-8-11-21/h6-8,10-17,19H,3-5,9,18,20H2,1-2H3,(H,32,34)/b13-12+,17-16+. The molecule has 0 fully saturated rings. The number of carbonyl (C=O) groups is 1. The zero-order valence-electron chi connectivity index (χ0n) is 21.0. The van der Waals surface area contributed by atoms with Crippen LogP contribution in [0.2, 0.25) is 10.2 Å². The highest BCUT2D eigenvalue weighted by Crippen LogP contribution is 2.25. The average Bonchev–Trinajstić information content (AvgIpc) is 3.17. The van der Waals surface area contributed by atoms with Crippen LogP contribution >= 0.6 is 23.2 Å². The Balaban J connectivity index is 1.77. The van der Waals surface area contributed by atoms with Crippen molar-refractivity contribution in [3.63, 3.8) is 0 Å². The fraction of sp³-hybridized carbons (Fsp3) is 0.286. The molecule has 37 heavy (non-hydrogen) atoms. The number of carbonyl (C=O) groups excluding carboxylic acids is 1. The molecule has 1 amide bonds. The third-order valence-electron chi connectivity index (χ3n) is 5.70. The third kappa shape index (κ3) is 8.59. The van der Waals surface area contributed by atoms with Gasteiger partial charge in [-0.25, -0.2) is 18.1 Å². The number of amides is 1. The number of hydrogen-bond acceptors (Lipinski definition) is 4. The number of aromatic nitrogens is 2. The Hall–Kier alpha value is -2.87. The smallest absolute Gasteiger partial charge is 0.257 e. The topological polar surface area (TPSA) is 81.1 Å². The normalized spacial score (nSPS) is 12.0. The molecule has 0 spiro atoms. The van der Waals surface area contributed by atoms with Gasteiger partial charge in [-0.05, 0) is 35.3 Å². The Morgan fingerprint density at radius 3 is 2.41 bits per heavy atom. The minimum Gasteiger partial charge on any atom is -0.323 e. The number of rotatable bonds is 12. The molecule has 0 bridgehead atoms. The van der Waals surface area contributed by atoms with Gasteiger partial charge in [0.15, 0.2) is 5.15 Å². The number of nitrogens with one attached hydrogen (secondary N) is 1. The highest BCUT2D eigenvalue weighted by atomic mass is 35.5. The molecule has 0 atom stereocenters. The van der Waals surface area contributed by atoms with E-state index in [1.54, 1.807) is 0 Å². The molecular weight excluding hydrogens is 529 g/mol. The summed E-state index contributed by atoms with van der Waals surface area (Å²) < 4.78 is 28.2. The second-order valence-corrected chi connectivity index (χ2v) is 11.2. The maximum Gasteiger partial charge on any atom is 0.257 e. The molecule has 6 nitrogen and oxygen atoms in total. The van der Waals surface area contributed by atoms with Gasteiger partial charge in [0.2, 0.25) is 10.0 Å². The van der Waals surface area contributed by atoms with Crippen LogP contribution in [0.4, 0.5) is 0 Å². The van der Waals surface area contributed by atoms with Crippen LogP contribution < -0.4 is 4.72 Å². The number of halogens is 2. The Kier molecular flexibility index (Phi) is 10.6. The average molecular weight is 561 g/mol. The predicted molar refractivity (Wildman–Crippen MR) is 153 cm³/mol. The van der Waals surface area contributed by atoms with E-state index in [-0.39, 0.29) is 10.9 Å². The second kappa shape index (κ2) is 13.6. The van der Waals surface area contributed by atoms with Crippen molar-refractivity contribution in [3.05, 3.63) is 93.0 Å². The summed E-state index contributed by atoms with van der Waals surface area (Å²) in [6.07, 6.45) is 9.46. The van der Waals surface area contributed by atoms with Crippen LogP contribution in [-0.2, 0) is 27.8 Å². The first-order valence-electron chi connectivity index (χ1n) is 12.2. The Labute approximate surface area is 229 Å². The quantitative estimate of drug-likeness (QED) is 0.153. The van der Waals surface area contributed by atoms with Gasteiger partial charge < -0.3 is 4.57 Å². The maximum absolute atomic E-state index is 12.3. The number of aryl methyl sites for hydroxylation is 1. The number of hydrogen-bond donors (Lipinski definition) is 1. The molecular formula is C28H31Cl2N3O3S. The third-order valence-corrected chi connectivity index (χ3v) is 7.66. The van der Waals surface area contributed by atoms with Crippen molar-refractivity contribution in [2.75, 3.05) is 5.75 Å². The molecule has 0 saturated heterocycles. The van der Waals surface area contributed by atoms with Crippen molar-refractivity contribution in [1.82, 2.24) is 14.3 Å². The molecule has 0 unspecified atom stereocenters. The van der Waals surface area contributed by atoms with E-state index >= 15 is 0 Å². The van der Waals surface area contributed by atoms with Gasteiger partial charge in [-0.3, -0.25) is 4.79 Å². The fourth-order valence-corrected chi connectivity index (χ4v) is 5.32. The van der Waals surface area contributed by atoms with Crippen molar-refractivity contribution < 1.29 is 13.2 Å². The number of imidazole rings is 1. The Morgan fingerprint density at radius 2 is 1.73 bits per heavy atom. The highest BCUT2D eigenvalue weighted by Gasteiger charge is 2.16. The van der Waals surface area contributed by atoms with E-state index in [0.717, 1.165) is 41.4 Å². The van der Waals surface area contributed by atoms with Crippen LogP contribution in [0.1, 0.15) is 61.3 Å². The second-order valence-electron chi connectivity index (χ2n) is 8.56. The summed E-state index contributed by atoms with van der Waals surface area (Å²) in [6, 6.07) is 15.8. The molecule has 196 valence electrons. The van der Waals surface area contributed by atoms with Crippen LogP contribution in [0.25, 0.3) is 18.2 Å². The van der Waals surface area contributed by atoms with E-state index in [2.05, 4.69) is 9.71 Å². The van der Waals surface area contributed by atoms with E-state index in [1.165, 1.54) is 6.08 Å². The summed E-state index contributed by atoms with van der Waals surface area (Å²) in [6.45, 7) is 4.33. The molecule has 3 aromatic rings. The molecule has 1 N–H and O–H groups in total. The molecule has 9 heteroatoms. The molecule has 0 aliphatic rings. The SMILES string of the molecule is CCCCCS(=O)(=O)NC(=O)/C=C/c1c(Cl)nc(CC)n1Cc1ccc(/C=C/c2ccccc2)cc1Cl. The van der Waals surface area contributed by atoms with E-state index in [0.29, 0.717) is 30.1 Å². The predicted octanol–water partition coefficient (Wildman–Crippen LogP) is 6.62. The molecule has 0 saturated carbocycles. The summed E-state index contributed by atoms with van der Waals surface area (Å²) in [5, 5.41) is 0.818. The van der Waals surface area contributed by atoms with Gasteiger partial charge in [0.1, 0.15) is 5.82 Å². The van der Waals surface area contributed by atoms with E-state index < -0.39 is 15.9 Å². The summed E-state index contributed by atoms with van der Waals surface area (Å²) >= 11 is 13.0. The molecule has 3 rings (SSSR count). The number of unbranched alkanes of at least 4 members (excludes halogenated alkanes) is 2. The van der Waals surface area contributed by atoms with Crippen LogP contribution in [0, 0.1) is 0 Å².